The molecule has 1 rings (SSSR count). The Hall–Kier alpha value is -1.11. The monoisotopic (exact) mass is 305 g/mol. The van der Waals surface area contributed by atoms with Gasteiger partial charge in [-0.2, -0.15) is 0 Å². The molecule has 106 valence electrons. The van der Waals surface area contributed by atoms with E-state index in [4.69, 9.17) is 16.7 Å². The SMILES string of the molecule is CCCC(NS(=O)(=O)Cc1cccc(Cl)c1)C(=O)O. The van der Waals surface area contributed by atoms with Crippen molar-refractivity contribution in [1.29, 1.82) is 0 Å². The number of carbonyl (C=O) groups is 1. The van der Waals surface area contributed by atoms with Gasteiger partial charge in [-0.3, -0.25) is 4.79 Å². The molecule has 1 aromatic rings. The number of hydrogen-bond acceptors (Lipinski definition) is 3. The number of hydrogen-bond donors (Lipinski definition) is 2. The molecular formula is C12H16ClNO4S. The molecule has 0 aliphatic rings. The third-order valence-corrected chi connectivity index (χ3v) is 4.04. The molecule has 2 N–H and O–H groups in total. The van der Waals surface area contributed by atoms with Gasteiger partial charge in [-0.1, -0.05) is 37.1 Å². The second-order valence-corrected chi connectivity index (χ2v) is 6.38. The molecule has 0 aliphatic carbocycles. The standard InChI is InChI=1S/C12H16ClNO4S/c1-2-4-11(12(15)16)14-19(17,18)8-9-5-3-6-10(13)7-9/h3,5-7,11,14H,2,4,8H2,1H3,(H,15,16). The molecule has 0 aromatic heterocycles. The van der Waals surface area contributed by atoms with Crippen LogP contribution >= 0.6 is 11.6 Å². The largest absolute Gasteiger partial charge is 0.480 e. The molecule has 0 fully saturated rings. The number of sulfonamides is 1. The zero-order valence-corrected chi connectivity index (χ0v) is 12.0. The molecule has 19 heavy (non-hydrogen) atoms. The first kappa shape index (κ1) is 15.9. The van der Waals surface area contributed by atoms with E-state index in [0.717, 1.165) is 0 Å². The van der Waals surface area contributed by atoms with E-state index in [-0.39, 0.29) is 12.2 Å². The van der Waals surface area contributed by atoms with Gasteiger partial charge in [0.25, 0.3) is 0 Å². The molecule has 1 atom stereocenters. The summed E-state index contributed by atoms with van der Waals surface area (Å²) in [6, 6.07) is 5.36. The van der Waals surface area contributed by atoms with Crippen molar-refractivity contribution < 1.29 is 18.3 Å². The minimum absolute atomic E-state index is 0.254. The van der Waals surface area contributed by atoms with E-state index < -0.39 is 22.0 Å². The highest BCUT2D eigenvalue weighted by Gasteiger charge is 2.23. The third kappa shape index (κ3) is 5.59. The molecule has 0 radical (unpaired) electrons. The molecule has 0 amide bonds. The maximum absolute atomic E-state index is 11.9. The van der Waals surface area contributed by atoms with Gasteiger partial charge in [0.05, 0.1) is 5.75 Å². The number of carboxylic acid groups (broad SMARTS) is 1. The van der Waals surface area contributed by atoms with Crippen LogP contribution in [0.15, 0.2) is 24.3 Å². The van der Waals surface area contributed by atoms with Gasteiger partial charge in [-0.25, -0.2) is 13.1 Å². The fourth-order valence-electron chi connectivity index (χ4n) is 1.63. The van der Waals surface area contributed by atoms with Crippen molar-refractivity contribution in [1.82, 2.24) is 4.72 Å². The summed E-state index contributed by atoms with van der Waals surface area (Å²) >= 11 is 5.77. The summed E-state index contributed by atoms with van der Waals surface area (Å²) in [4.78, 5) is 10.9. The van der Waals surface area contributed by atoms with E-state index >= 15 is 0 Å². The molecule has 0 heterocycles. The Morgan fingerprint density at radius 2 is 2.16 bits per heavy atom. The summed E-state index contributed by atoms with van der Waals surface area (Å²) in [5.74, 6) is -1.46. The van der Waals surface area contributed by atoms with Gasteiger partial charge >= 0.3 is 5.97 Å². The maximum atomic E-state index is 11.9. The van der Waals surface area contributed by atoms with Gasteiger partial charge < -0.3 is 5.11 Å². The first-order valence-corrected chi connectivity index (χ1v) is 7.84. The molecule has 1 unspecified atom stereocenters. The van der Waals surface area contributed by atoms with Crippen LogP contribution in [0.5, 0.6) is 0 Å². The number of aliphatic carboxylic acids is 1. The Labute approximate surface area is 117 Å². The molecule has 1 aromatic carbocycles. The minimum atomic E-state index is -3.71. The van der Waals surface area contributed by atoms with E-state index in [9.17, 15) is 13.2 Å². The Morgan fingerprint density at radius 3 is 2.68 bits per heavy atom. The van der Waals surface area contributed by atoms with E-state index in [1.54, 1.807) is 25.1 Å². The van der Waals surface area contributed by atoms with Crippen molar-refractivity contribution in [3.8, 4) is 0 Å². The van der Waals surface area contributed by atoms with Crippen molar-refractivity contribution in [2.24, 2.45) is 0 Å². The van der Waals surface area contributed by atoms with Crippen LogP contribution in [0.25, 0.3) is 0 Å². The number of carboxylic acids is 1. The summed E-state index contributed by atoms with van der Waals surface area (Å²) in [6.07, 6.45) is 0.834. The van der Waals surface area contributed by atoms with Gasteiger partial charge in [0, 0.05) is 5.02 Å². The molecule has 0 aliphatic heterocycles. The number of benzene rings is 1. The van der Waals surface area contributed by atoms with Crippen LogP contribution in [0.4, 0.5) is 0 Å². The van der Waals surface area contributed by atoms with Gasteiger partial charge in [-0.05, 0) is 24.1 Å². The van der Waals surface area contributed by atoms with Gasteiger partial charge in [0.15, 0.2) is 0 Å². The Morgan fingerprint density at radius 1 is 1.47 bits per heavy atom. The molecule has 0 saturated heterocycles. The third-order valence-electron chi connectivity index (χ3n) is 2.44. The van der Waals surface area contributed by atoms with Crippen molar-refractivity contribution in [3.05, 3.63) is 34.9 Å². The van der Waals surface area contributed by atoms with Gasteiger partial charge in [-0.15, -0.1) is 0 Å². The van der Waals surface area contributed by atoms with Gasteiger partial charge in [0.2, 0.25) is 10.0 Å². The summed E-state index contributed by atoms with van der Waals surface area (Å²) in [5.41, 5.74) is 0.514. The zero-order valence-electron chi connectivity index (χ0n) is 10.5. The van der Waals surface area contributed by atoms with Crippen LogP contribution in [0.2, 0.25) is 5.02 Å². The Kier molecular flexibility index (Phi) is 5.78. The second-order valence-electron chi connectivity index (χ2n) is 4.19. The number of halogens is 1. The van der Waals surface area contributed by atoms with Gasteiger partial charge in [0.1, 0.15) is 6.04 Å². The van der Waals surface area contributed by atoms with Crippen molar-refractivity contribution >= 4 is 27.6 Å². The summed E-state index contributed by atoms with van der Waals surface area (Å²) in [7, 11) is -3.71. The van der Waals surface area contributed by atoms with E-state index in [2.05, 4.69) is 4.72 Å². The number of rotatable bonds is 7. The summed E-state index contributed by atoms with van der Waals surface area (Å²) in [5, 5.41) is 9.37. The Bertz CT molecular complexity index is 544. The highest BCUT2D eigenvalue weighted by Crippen LogP contribution is 2.13. The predicted molar refractivity (Wildman–Crippen MR) is 73.5 cm³/mol. The van der Waals surface area contributed by atoms with Crippen molar-refractivity contribution in [2.75, 3.05) is 0 Å². The van der Waals surface area contributed by atoms with E-state index in [1.165, 1.54) is 6.07 Å². The van der Waals surface area contributed by atoms with Crippen LogP contribution in [-0.2, 0) is 20.6 Å². The van der Waals surface area contributed by atoms with Crippen LogP contribution in [0.1, 0.15) is 25.3 Å². The highest BCUT2D eigenvalue weighted by molar-refractivity contribution is 7.88. The second kappa shape index (κ2) is 6.88. The summed E-state index contributed by atoms with van der Waals surface area (Å²) < 4.78 is 26.0. The first-order valence-electron chi connectivity index (χ1n) is 5.81. The average molecular weight is 306 g/mol. The smallest absolute Gasteiger partial charge is 0.321 e. The lowest BCUT2D eigenvalue weighted by Gasteiger charge is -2.14. The minimum Gasteiger partial charge on any atom is -0.480 e. The fourth-order valence-corrected chi connectivity index (χ4v) is 3.19. The maximum Gasteiger partial charge on any atom is 0.321 e. The molecule has 0 spiro atoms. The fraction of sp³-hybridized carbons (Fsp3) is 0.417. The zero-order chi connectivity index (χ0) is 14.5. The quantitative estimate of drug-likeness (QED) is 0.807. The summed E-state index contributed by atoms with van der Waals surface area (Å²) in [6.45, 7) is 1.79. The first-order chi connectivity index (χ1) is 8.84. The lowest BCUT2D eigenvalue weighted by molar-refractivity contribution is -0.139. The predicted octanol–water partition coefficient (Wildman–Crippen LogP) is 2.01. The van der Waals surface area contributed by atoms with Crippen LogP contribution in [0.3, 0.4) is 0 Å². The molecule has 5 nitrogen and oxygen atoms in total. The topological polar surface area (TPSA) is 83.5 Å². The lowest BCUT2D eigenvalue weighted by atomic mass is 10.2. The van der Waals surface area contributed by atoms with E-state index in [1.807, 2.05) is 0 Å². The highest BCUT2D eigenvalue weighted by atomic mass is 35.5. The molecule has 7 heteroatoms. The van der Waals surface area contributed by atoms with Crippen LogP contribution in [0, 0.1) is 0 Å². The van der Waals surface area contributed by atoms with Crippen LogP contribution in [-0.4, -0.2) is 25.5 Å². The van der Waals surface area contributed by atoms with Crippen LogP contribution < -0.4 is 4.72 Å². The molecule has 0 bridgehead atoms. The average Bonchev–Trinajstić information content (AvgIpc) is 2.27. The van der Waals surface area contributed by atoms with Crippen molar-refractivity contribution in [2.45, 2.75) is 31.6 Å². The molecule has 0 saturated carbocycles. The van der Waals surface area contributed by atoms with Crippen molar-refractivity contribution in [3.63, 3.8) is 0 Å². The Balaban J connectivity index is 2.78. The molecular weight excluding hydrogens is 290 g/mol. The number of nitrogens with one attached hydrogen (secondary N) is 1. The lowest BCUT2D eigenvalue weighted by Crippen LogP contribution is -2.41. The normalized spacial score (nSPS) is 13.2. The van der Waals surface area contributed by atoms with E-state index in [0.29, 0.717) is 17.0 Å².